The molecule has 9 heterocycles. The molecule has 0 bridgehead atoms. The largest absolute Gasteiger partial charge is 0.473 e. The van der Waals surface area contributed by atoms with Crippen LogP contribution in [0.25, 0.3) is 55.6 Å². The molecule has 0 saturated carbocycles. The third kappa shape index (κ3) is 19.9. The number of pyridine rings is 3. The van der Waals surface area contributed by atoms with Crippen molar-refractivity contribution in [2.45, 2.75) is 89.7 Å². The number of benzene rings is 8. The Labute approximate surface area is 688 Å². The standard InChI is InChI=1S/C32H27F2N3O4.C25H21F2N3O4.C20H17BrF2N2O3.C12H10BrNO/c1-39-32(38)21-10-11-28-29(15-21)37(18-23-12-13-40-23)30(35-28)16-22-14-26(34)24(17-25(22)33)27-8-5-9-31(36-27)41-19-20-6-3-2-4-7-20;1-33-25(32)14-5-6-21-22(10-14)30(13-16-7-8-34-16)23(28-21)11-15-9-19(27)17(12-18(15)26)20-3-2-4-24(31)29-20;1-27-20(26)11-2-3-17-18(7-11)25(10-13-4-5-28-13)19(24-17)8-12-6-16(23)14(21)9-15(12)22;13-11-7-4-8-12(14-11)15-9-10-5-2-1-3-6-10/h2-11,14-15,17,23H,12-13,16,18-19H2,1H3;2-6,9-10,12,16H,7-8,11,13H2,1H3,(H,29,31);2-3,6-7,9,13H,4-5,8,10H2,1H3;1-8H,9H2/t23-;16-;13-;/m000./s1. The second kappa shape index (κ2) is 37.8. The van der Waals surface area contributed by atoms with Crippen LogP contribution in [-0.4, -0.2) is 121 Å². The van der Waals surface area contributed by atoms with E-state index in [9.17, 15) is 32.3 Å². The Morgan fingerprint density at radius 3 is 1.22 bits per heavy atom. The molecule has 8 aromatic carbocycles. The van der Waals surface area contributed by atoms with Gasteiger partial charge in [0.2, 0.25) is 17.3 Å². The number of ether oxygens (including phenoxy) is 8. The zero-order valence-electron chi connectivity index (χ0n) is 63.8. The molecule has 0 radical (unpaired) electrons. The normalized spacial score (nSPS) is 14.6. The van der Waals surface area contributed by atoms with Crippen LogP contribution in [0.1, 0.15) is 95.6 Å². The van der Waals surface area contributed by atoms with Gasteiger partial charge in [-0.1, -0.05) is 78.9 Å². The zero-order valence-corrected chi connectivity index (χ0v) is 66.9. The van der Waals surface area contributed by atoms with Gasteiger partial charge in [0.05, 0.1) is 125 Å². The van der Waals surface area contributed by atoms with Gasteiger partial charge in [-0.3, -0.25) is 4.79 Å². The number of hydrogen-bond donors (Lipinski definition) is 1. The van der Waals surface area contributed by atoms with Crippen LogP contribution in [0.4, 0.5) is 26.3 Å². The first-order chi connectivity index (χ1) is 57.2. The molecule has 3 saturated heterocycles. The fourth-order valence-electron chi connectivity index (χ4n) is 13.4. The Morgan fingerprint density at radius 2 is 0.814 bits per heavy atom. The summed E-state index contributed by atoms with van der Waals surface area (Å²) in [6, 6.07) is 56.5. The highest BCUT2D eigenvalue weighted by Gasteiger charge is 2.28. The second-order valence-electron chi connectivity index (χ2n) is 27.7. The lowest BCUT2D eigenvalue weighted by molar-refractivity contribution is -0.0591. The van der Waals surface area contributed by atoms with E-state index in [0.717, 1.165) is 64.8 Å². The summed E-state index contributed by atoms with van der Waals surface area (Å²) in [5, 5.41) is 0. The van der Waals surface area contributed by atoms with Gasteiger partial charge in [-0.15, -0.1) is 0 Å². The van der Waals surface area contributed by atoms with Gasteiger partial charge in [-0.2, -0.15) is 0 Å². The van der Waals surface area contributed by atoms with Gasteiger partial charge in [0.15, 0.2) is 0 Å². The van der Waals surface area contributed by atoms with E-state index in [1.807, 2.05) is 92.6 Å². The number of aromatic amines is 1. The smallest absolute Gasteiger partial charge is 0.337 e. The summed E-state index contributed by atoms with van der Waals surface area (Å²) in [5.74, 6) is -2.30. The fraction of sp³-hybridized carbons (Fsp3) is 0.225. The summed E-state index contributed by atoms with van der Waals surface area (Å²) < 4.78 is 138. The van der Waals surface area contributed by atoms with Crippen molar-refractivity contribution in [1.29, 1.82) is 0 Å². The number of fused-ring (bicyclic) bond motifs is 3. The van der Waals surface area contributed by atoms with Crippen LogP contribution >= 0.6 is 31.9 Å². The molecular weight excluding hydrogens is 1660 g/mol. The van der Waals surface area contributed by atoms with Crippen LogP contribution < -0.4 is 15.0 Å². The number of hydrogen-bond acceptors (Lipinski definition) is 17. The van der Waals surface area contributed by atoms with Crippen LogP contribution in [0.2, 0.25) is 0 Å². The van der Waals surface area contributed by atoms with Gasteiger partial charge in [0.25, 0.3) is 0 Å². The highest BCUT2D eigenvalue weighted by Crippen LogP contribution is 2.34. The first kappa shape index (κ1) is 82.4. The topological polar surface area (TPSA) is 237 Å². The average Bonchev–Trinajstić information content (AvgIpc) is 1.63. The highest BCUT2D eigenvalue weighted by molar-refractivity contribution is 9.10. The summed E-state index contributed by atoms with van der Waals surface area (Å²) in [4.78, 5) is 72.6. The van der Waals surface area contributed by atoms with Crippen molar-refractivity contribution >= 4 is 82.9 Å². The van der Waals surface area contributed by atoms with E-state index >= 15 is 13.2 Å². The average molecular weight is 1740 g/mol. The molecule has 3 aliphatic heterocycles. The van der Waals surface area contributed by atoms with Crippen LogP contribution in [0.5, 0.6) is 11.8 Å². The third-order valence-electron chi connectivity index (χ3n) is 19.9. The van der Waals surface area contributed by atoms with E-state index in [0.29, 0.717) is 126 Å². The third-order valence-corrected chi connectivity index (χ3v) is 20.9. The lowest BCUT2D eigenvalue weighted by atomic mass is 10.0. The molecule has 29 heteroatoms. The monoisotopic (exact) mass is 1730 g/mol. The van der Waals surface area contributed by atoms with Crippen molar-refractivity contribution in [1.82, 2.24) is 43.6 Å². The minimum atomic E-state index is -0.656. The predicted octanol–water partition coefficient (Wildman–Crippen LogP) is 17.6. The summed E-state index contributed by atoms with van der Waals surface area (Å²) >= 11 is 6.29. The maximum absolute atomic E-state index is 15.5. The van der Waals surface area contributed by atoms with E-state index in [-0.39, 0.29) is 81.3 Å². The zero-order chi connectivity index (χ0) is 82.5. The van der Waals surface area contributed by atoms with Crippen molar-refractivity contribution in [2.24, 2.45) is 0 Å². The lowest BCUT2D eigenvalue weighted by Crippen LogP contribution is -2.31. The number of rotatable bonds is 23. The van der Waals surface area contributed by atoms with E-state index < -0.39 is 58.4 Å². The summed E-state index contributed by atoms with van der Waals surface area (Å²) in [6.45, 7) is 4.38. The first-order valence-corrected chi connectivity index (χ1v) is 39.1. The van der Waals surface area contributed by atoms with E-state index in [1.54, 1.807) is 72.8 Å². The van der Waals surface area contributed by atoms with E-state index in [2.05, 4.69) is 56.8 Å². The second-order valence-corrected chi connectivity index (χ2v) is 29.4. The van der Waals surface area contributed by atoms with E-state index in [4.69, 9.17) is 42.9 Å². The molecule has 0 unspecified atom stereocenters. The van der Waals surface area contributed by atoms with Gasteiger partial charge >= 0.3 is 17.9 Å². The number of esters is 3. The minimum Gasteiger partial charge on any atom is -0.473 e. The number of nitrogens with zero attached hydrogens (tertiary/aromatic N) is 8. The first-order valence-electron chi connectivity index (χ1n) is 37.5. The molecule has 604 valence electrons. The number of H-pyrrole nitrogens is 1. The number of carbonyl (C=O) groups excluding carboxylic acids is 3. The maximum Gasteiger partial charge on any atom is 0.337 e. The SMILES string of the molecule is Brc1cccc(OCc2ccccc2)n1.COC(=O)c1ccc2nc(Cc3cc(F)c(-c4cccc(=O)[nH]4)cc3F)n(C[C@@H]3CCO3)c2c1.COC(=O)c1ccc2nc(Cc3cc(F)c(-c4cccc(OCc5ccccc5)n4)cc3F)n(C[C@@H]3CCO3)c2c1.COC(=O)c1ccc2nc(Cc3cc(F)c(Br)cc3F)n(C[C@@H]3CCO3)c2c1. The summed E-state index contributed by atoms with van der Waals surface area (Å²) in [5.41, 5.74) is 7.86. The Hall–Kier alpha value is -12.2. The van der Waals surface area contributed by atoms with Crippen LogP contribution in [0.3, 0.4) is 0 Å². The lowest BCUT2D eigenvalue weighted by Gasteiger charge is -2.27. The molecule has 17 rings (SSSR count). The number of methoxy groups -OCH3 is 3. The van der Waals surface area contributed by atoms with Gasteiger partial charge < -0.3 is 56.6 Å². The molecule has 3 atom stereocenters. The summed E-state index contributed by atoms with van der Waals surface area (Å²) in [6.07, 6.45) is 2.87. The highest BCUT2D eigenvalue weighted by atomic mass is 79.9. The van der Waals surface area contributed by atoms with Crippen molar-refractivity contribution in [2.75, 3.05) is 41.2 Å². The number of aromatic nitrogens is 9. The maximum atomic E-state index is 15.5. The van der Waals surface area contributed by atoms with Crippen molar-refractivity contribution in [3.8, 4) is 34.3 Å². The molecule has 0 spiro atoms. The Morgan fingerprint density at radius 1 is 0.424 bits per heavy atom. The predicted molar refractivity (Wildman–Crippen MR) is 434 cm³/mol. The molecule has 0 amide bonds. The fourth-order valence-corrected chi connectivity index (χ4v) is 14.1. The van der Waals surface area contributed by atoms with Gasteiger partial charge in [-0.25, -0.2) is 65.6 Å². The summed E-state index contributed by atoms with van der Waals surface area (Å²) in [7, 11) is 3.95. The van der Waals surface area contributed by atoms with Crippen LogP contribution in [-0.2, 0) is 80.5 Å². The molecule has 3 aliphatic rings. The van der Waals surface area contributed by atoms with Crippen LogP contribution in [0.15, 0.2) is 220 Å². The quantitative estimate of drug-likeness (QED) is 0.0206. The Kier molecular flexibility index (Phi) is 26.4. The molecular formula is C89H75Br2F6N9O12. The molecule has 3 fully saturated rings. The van der Waals surface area contributed by atoms with Crippen molar-refractivity contribution in [3.63, 3.8) is 0 Å². The molecule has 21 nitrogen and oxygen atoms in total. The molecule has 118 heavy (non-hydrogen) atoms. The van der Waals surface area contributed by atoms with Crippen molar-refractivity contribution < 1.29 is 78.6 Å². The number of halogens is 8. The number of nitrogens with one attached hydrogen (secondary N) is 1. The Balaban J connectivity index is 0.000000135. The minimum absolute atomic E-state index is 0.0145. The van der Waals surface area contributed by atoms with Gasteiger partial charge in [-0.05, 0) is 188 Å². The molecule has 1 N–H and O–H groups in total. The van der Waals surface area contributed by atoms with Crippen molar-refractivity contribution in [3.05, 3.63) is 323 Å². The molecule has 14 aromatic rings. The molecule has 0 aliphatic carbocycles. The van der Waals surface area contributed by atoms with E-state index in [1.165, 1.54) is 51.7 Å². The Bertz CT molecular complexity index is 6060. The number of carbonyl (C=O) groups is 3. The van der Waals surface area contributed by atoms with Gasteiger partial charge in [0.1, 0.15) is 70.2 Å². The molecule has 6 aromatic heterocycles. The number of imidazole rings is 3. The van der Waals surface area contributed by atoms with Gasteiger partial charge in [0, 0.05) is 68.4 Å². The van der Waals surface area contributed by atoms with Crippen LogP contribution in [0, 0.1) is 34.9 Å².